The summed E-state index contributed by atoms with van der Waals surface area (Å²) in [6.45, 7) is 4.54. The highest BCUT2D eigenvalue weighted by Crippen LogP contribution is 2.36. The van der Waals surface area contributed by atoms with Crippen LogP contribution in [0.15, 0.2) is 30.5 Å². The summed E-state index contributed by atoms with van der Waals surface area (Å²) in [4.78, 5) is 14.9. The van der Waals surface area contributed by atoms with Gasteiger partial charge in [0.15, 0.2) is 0 Å². The Labute approximate surface area is 123 Å². The third-order valence-electron chi connectivity index (χ3n) is 4.75. The molecule has 1 fully saturated rings. The Morgan fingerprint density at radius 2 is 2.10 bits per heavy atom. The molecule has 0 spiro atoms. The van der Waals surface area contributed by atoms with Crippen molar-refractivity contribution in [2.75, 3.05) is 5.32 Å². The number of anilines is 1. The van der Waals surface area contributed by atoms with Crippen LogP contribution in [-0.4, -0.2) is 15.9 Å². The molecular formula is C16H19N3O2. The molecule has 5 nitrogen and oxygen atoms in total. The summed E-state index contributed by atoms with van der Waals surface area (Å²) in [6, 6.07) is 7.47. The van der Waals surface area contributed by atoms with E-state index in [0.717, 1.165) is 17.5 Å². The number of nitrogens with one attached hydrogen (secondary N) is 1. The second-order valence-electron chi connectivity index (χ2n) is 5.95. The van der Waals surface area contributed by atoms with Gasteiger partial charge in [-0.15, -0.1) is 0 Å². The molecule has 0 saturated heterocycles. The van der Waals surface area contributed by atoms with Gasteiger partial charge in [0, 0.05) is 29.4 Å². The first kappa shape index (κ1) is 13.8. The lowest BCUT2D eigenvalue weighted by Crippen LogP contribution is -2.24. The Hall–Kier alpha value is -2.17. The van der Waals surface area contributed by atoms with E-state index >= 15 is 0 Å². The van der Waals surface area contributed by atoms with Gasteiger partial charge in [0.1, 0.15) is 5.52 Å². The van der Waals surface area contributed by atoms with Gasteiger partial charge < -0.3 is 5.32 Å². The maximum atomic E-state index is 11.1. The smallest absolute Gasteiger partial charge is 0.295 e. The van der Waals surface area contributed by atoms with Gasteiger partial charge in [-0.2, -0.15) is 0 Å². The lowest BCUT2D eigenvalue weighted by atomic mass is 9.97. The molecule has 3 rings (SSSR count). The molecule has 21 heavy (non-hydrogen) atoms. The second kappa shape index (κ2) is 5.31. The van der Waals surface area contributed by atoms with E-state index in [2.05, 4.69) is 24.1 Å². The van der Waals surface area contributed by atoms with Gasteiger partial charge in [-0.3, -0.25) is 10.1 Å². The van der Waals surface area contributed by atoms with Crippen molar-refractivity contribution in [3.63, 3.8) is 0 Å². The summed E-state index contributed by atoms with van der Waals surface area (Å²) >= 11 is 0. The number of benzene rings is 1. The molecule has 1 aliphatic carbocycles. The normalized spacial score (nSPS) is 25.1. The lowest BCUT2D eigenvalue weighted by Gasteiger charge is -2.21. The van der Waals surface area contributed by atoms with E-state index in [4.69, 9.17) is 0 Å². The number of aromatic nitrogens is 1. The largest absolute Gasteiger partial charge is 0.381 e. The molecule has 5 heteroatoms. The number of nitro groups is 1. The molecule has 0 amide bonds. The fraction of sp³-hybridized carbons (Fsp3) is 0.438. The predicted molar refractivity (Wildman–Crippen MR) is 83.4 cm³/mol. The summed E-state index contributed by atoms with van der Waals surface area (Å²) in [7, 11) is 0. The molecule has 2 aromatic rings. The molecule has 3 atom stereocenters. The summed E-state index contributed by atoms with van der Waals surface area (Å²) in [5.74, 6) is 1.32. The quantitative estimate of drug-likeness (QED) is 0.684. The van der Waals surface area contributed by atoms with Crippen LogP contribution in [0.2, 0.25) is 0 Å². The molecular weight excluding hydrogens is 266 g/mol. The van der Waals surface area contributed by atoms with Crippen LogP contribution in [-0.2, 0) is 0 Å². The SMILES string of the molecule is CC1CCC(Nc2ccc([N+](=O)[O-])c3ncccc23)C1C. The van der Waals surface area contributed by atoms with Gasteiger partial charge in [-0.1, -0.05) is 13.8 Å². The van der Waals surface area contributed by atoms with Crippen LogP contribution in [0.1, 0.15) is 26.7 Å². The van der Waals surface area contributed by atoms with Crippen molar-refractivity contribution in [1.29, 1.82) is 0 Å². The zero-order valence-electron chi connectivity index (χ0n) is 12.2. The first-order chi connectivity index (χ1) is 10.1. The molecule has 0 radical (unpaired) electrons. The first-order valence-corrected chi connectivity index (χ1v) is 7.36. The minimum absolute atomic E-state index is 0.0592. The van der Waals surface area contributed by atoms with Crippen molar-refractivity contribution in [3.8, 4) is 0 Å². The molecule has 1 heterocycles. The molecule has 1 saturated carbocycles. The van der Waals surface area contributed by atoms with E-state index < -0.39 is 0 Å². The number of nitro benzene ring substituents is 1. The van der Waals surface area contributed by atoms with Crippen LogP contribution in [0.5, 0.6) is 0 Å². The molecule has 110 valence electrons. The fourth-order valence-electron chi connectivity index (χ4n) is 3.20. The molecule has 0 bridgehead atoms. The monoisotopic (exact) mass is 285 g/mol. The van der Waals surface area contributed by atoms with Gasteiger partial charge >= 0.3 is 0 Å². The molecule has 1 aromatic carbocycles. The van der Waals surface area contributed by atoms with Crippen LogP contribution < -0.4 is 5.32 Å². The van der Waals surface area contributed by atoms with E-state index in [9.17, 15) is 10.1 Å². The van der Waals surface area contributed by atoms with Crippen molar-refractivity contribution in [3.05, 3.63) is 40.6 Å². The highest BCUT2D eigenvalue weighted by molar-refractivity contribution is 5.97. The van der Waals surface area contributed by atoms with Crippen LogP contribution in [0.3, 0.4) is 0 Å². The van der Waals surface area contributed by atoms with Crippen LogP contribution in [0, 0.1) is 22.0 Å². The topological polar surface area (TPSA) is 68.1 Å². The zero-order valence-corrected chi connectivity index (χ0v) is 12.2. The van der Waals surface area contributed by atoms with Gasteiger partial charge in [0.2, 0.25) is 0 Å². The predicted octanol–water partition coefficient (Wildman–Crippen LogP) is 3.99. The Bertz CT molecular complexity index is 686. The van der Waals surface area contributed by atoms with E-state index in [1.54, 1.807) is 18.3 Å². The summed E-state index contributed by atoms with van der Waals surface area (Å²) in [5, 5.41) is 15.5. The van der Waals surface area contributed by atoms with Crippen LogP contribution in [0.25, 0.3) is 10.9 Å². The first-order valence-electron chi connectivity index (χ1n) is 7.36. The van der Waals surface area contributed by atoms with Gasteiger partial charge in [0.25, 0.3) is 5.69 Å². The average molecular weight is 285 g/mol. The van der Waals surface area contributed by atoms with Crippen molar-refractivity contribution in [2.45, 2.75) is 32.7 Å². The fourth-order valence-corrected chi connectivity index (χ4v) is 3.20. The van der Waals surface area contributed by atoms with Crippen molar-refractivity contribution in [1.82, 2.24) is 4.98 Å². The Kier molecular flexibility index (Phi) is 3.49. The van der Waals surface area contributed by atoms with E-state index in [0.29, 0.717) is 23.4 Å². The third-order valence-corrected chi connectivity index (χ3v) is 4.75. The summed E-state index contributed by atoms with van der Waals surface area (Å²) in [5.41, 5.74) is 1.45. The van der Waals surface area contributed by atoms with Crippen molar-refractivity contribution >= 4 is 22.3 Å². The Balaban J connectivity index is 2.00. The standard InChI is InChI=1S/C16H19N3O2/c1-10-5-6-13(11(10)2)18-14-7-8-15(19(20)21)16-12(14)4-3-9-17-16/h3-4,7-11,13,18H,5-6H2,1-2H3. The van der Waals surface area contributed by atoms with Crippen molar-refractivity contribution < 1.29 is 4.92 Å². The Morgan fingerprint density at radius 1 is 1.29 bits per heavy atom. The maximum absolute atomic E-state index is 11.1. The summed E-state index contributed by atoms with van der Waals surface area (Å²) in [6.07, 6.45) is 3.96. The molecule has 3 unspecified atom stereocenters. The van der Waals surface area contributed by atoms with Gasteiger partial charge in [-0.05, 0) is 42.9 Å². The number of non-ortho nitro benzene ring substituents is 1. The number of hydrogen-bond acceptors (Lipinski definition) is 4. The number of rotatable bonds is 3. The zero-order chi connectivity index (χ0) is 15.0. The molecule has 1 aliphatic rings. The number of nitrogens with zero attached hydrogens (tertiary/aromatic N) is 2. The van der Waals surface area contributed by atoms with Gasteiger partial charge in [0.05, 0.1) is 4.92 Å². The maximum Gasteiger partial charge on any atom is 0.295 e. The second-order valence-corrected chi connectivity index (χ2v) is 5.95. The minimum atomic E-state index is -0.376. The summed E-state index contributed by atoms with van der Waals surface area (Å²) < 4.78 is 0. The van der Waals surface area contributed by atoms with Gasteiger partial charge in [-0.25, -0.2) is 4.98 Å². The molecule has 1 N–H and O–H groups in total. The van der Waals surface area contributed by atoms with E-state index in [1.165, 1.54) is 6.42 Å². The van der Waals surface area contributed by atoms with E-state index in [1.807, 2.05) is 12.1 Å². The Morgan fingerprint density at radius 3 is 2.76 bits per heavy atom. The average Bonchev–Trinajstić information content (AvgIpc) is 2.79. The lowest BCUT2D eigenvalue weighted by molar-refractivity contribution is -0.383. The number of pyridine rings is 1. The number of fused-ring (bicyclic) bond motifs is 1. The van der Waals surface area contributed by atoms with Crippen LogP contribution >= 0.6 is 0 Å². The van der Waals surface area contributed by atoms with Crippen molar-refractivity contribution in [2.24, 2.45) is 11.8 Å². The molecule has 0 aliphatic heterocycles. The number of hydrogen-bond donors (Lipinski definition) is 1. The van der Waals surface area contributed by atoms with E-state index in [-0.39, 0.29) is 10.6 Å². The highest BCUT2D eigenvalue weighted by atomic mass is 16.6. The van der Waals surface area contributed by atoms with Crippen LogP contribution in [0.4, 0.5) is 11.4 Å². The highest BCUT2D eigenvalue weighted by Gasteiger charge is 2.30. The minimum Gasteiger partial charge on any atom is -0.381 e. The molecule has 1 aromatic heterocycles. The third kappa shape index (κ3) is 2.44.